The molecule has 0 saturated carbocycles. The van der Waals surface area contributed by atoms with Crippen LogP contribution in [-0.4, -0.2) is 20.1 Å². The normalized spacial score (nSPS) is 14.2. The van der Waals surface area contributed by atoms with Crippen molar-refractivity contribution in [1.82, 2.24) is 0 Å². The molecule has 0 atom stereocenters. The Morgan fingerprint density at radius 1 is 1.07 bits per heavy atom. The van der Waals surface area contributed by atoms with E-state index in [4.69, 9.17) is 21.7 Å². The Morgan fingerprint density at radius 2 is 1.79 bits per heavy atom. The number of fused-ring (bicyclic) bond motifs is 2. The summed E-state index contributed by atoms with van der Waals surface area (Å²) in [5.41, 5.74) is 4.42. The first-order chi connectivity index (χ1) is 13.8. The van der Waals surface area contributed by atoms with E-state index in [0.717, 1.165) is 31.2 Å². The molecular weight excluding hydrogens is 422 g/mol. The smallest absolute Gasteiger partial charge is 0.263 e. The maximum atomic E-state index is 13.8. The van der Waals surface area contributed by atoms with Crippen LogP contribution in [0.25, 0.3) is 0 Å². The Labute approximate surface area is 182 Å². The number of anilines is 2. The summed E-state index contributed by atoms with van der Waals surface area (Å²) in [5.74, 6) is 1.01. The predicted octanol–water partition coefficient (Wildman–Crippen LogP) is 6.48. The molecule has 3 aromatic rings. The van der Waals surface area contributed by atoms with Crippen LogP contribution in [0, 0.1) is 10.7 Å². The van der Waals surface area contributed by atoms with Crippen molar-refractivity contribution in [3.05, 3.63) is 62.5 Å². The lowest BCUT2D eigenvalue weighted by Gasteiger charge is -2.39. The van der Waals surface area contributed by atoms with Gasteiger partial charge in [0.05, 0.1) is 19.9 Å². The standard InChI is InChI=1S/C22H21NO3S3/c1-12-7-6-8-14-18(12)23(20-17(22(14,2)3)21(27)29-28-20)19(24)13-9-10-15(25-4)16(11-13)26-5/h6-11H,1-5H3. The molecule has 2 heterocycles. The summed E-state index contributed by atoms with van der Waals surface area (Å²) in [6.07, 6.45) is 0. The molecule has 1 aliphatic rings. The van der Waals surface area contributed by atoms with Gasteiger partial charge in [-0.3, -0.25) is 9.69 Å². The second-order valence-corrected chi connectivity index (χ2v) is 10.2. The lowest BCUT2D eigenvalue weighted by atomic mass is 9.75. The molecule has 7 heteroatoms. The number of ether oxygens (including phenoxy) is 2. The van der Waals surface area contributed by atoms with Gasteiger partial charge in [-0.1, -0.05) is 64.9 Å². The quantitative estimate of drug-likeness (QED) is 0.343. The van der Waals surface area contributed by atoms with Crippen LogP contribution >= 0.6 is 32.9 Å². The minimum atomic E-state index is -0.265. The molecule has 1 aliphatic heterocycles. The number of hydrogen-bond acceptors (Lipinski definition) is 6. The molecule has 0 radical (unpaired) electrons. The van der Waals surface area contributed by atoms with Gasteiger partial charge in [0.25, 0.3) is 5.91 Å². The number of carbonyl (C=O) groups excluding carboxylic acids is 1. The number of hydrogen-bond donors (Lipinski definition) is 0. The molecule has 0 N–H and O–H groups in total. The second-order valence-electron chi connectivity index (χ2n) is 7.44. The van der Waals surface area contributed by atoms with Crippen LogP contribution in [-0.2, 0) is 5.41 Å². The van der Waals surface area contributed by atoms with E-state index in [1.54, 1.807) is 53.1 Å². The lowest BCUT2D eigenvalue weighted by molar-refractivity contribution is 0.0998. The fourth-order valence-corrected chi connectivity index (χ4v) is 7.16. The van der Waals surface area contributed by atoms with E-state index in [9.17, 15) is 4.79 Å². The van der Waals surface area contributed by atoms with Crippen LogP contribution in [0.4, 0.5) is 10.7 Å². The van der Waals surface area contributed by atoms with Gasteiger partial charge in [-0.05, 0) is 36.2 Å². The Morgan fingerprint density at radius 3 is 2.48 bits per heavy atom. The Hall–Kier alpha value is -2.22. The first kappa shape index (κ1) is 20.1. The number of methoxy groups -OCH3 is 2. The Bertz CT molecular complexity index is 1180. The van der Waals surface area contributed by atoms with Crippen molar-refractivity contribution in [2.24, 2.45) is 0 Å². The van der Waals surface area contributed by atoms with Gasteiger partial charge in [0.1, 0.15) is 8.82 Å². The fraction of sp³-hybridized carbons (Fsp3) is 0.273. The molecule has 4 rings (SSSR count). The number of nitrogens with zero attached hydrogens (tertiary/aromatic N) is 1. The summed E-state index contributed by atoms with van der Waals surface area (Å²) in [6, 6.07) is 11.4. The third kappa shape index (κ3) is 2.99. The SMILES string of the molecule is COc1ccc(C(=O)N2c3ssc(=S)c3C(C)(C)c3cccc(C)c32)cc1OC. The van der Waals surface area contributed by atoms with E-state index in [1.807, 2.05) is 24.0 Å². The molecule has 0 aliphatic carbocycles. The fourth-order valence-electron chi connectivity index (χ4n) is 3.91. The summed E-state index contributed by atoms with van der Waals surface area (Å²) in [4.78, 5) is 15.6. The second kappa shape index (κ2) is 7.23. The van der Waals surface area contributed by atoms with Crippen molar-refractivity contribution in [3.8, 4) is 11.5 Å². The number of aryl methyl sites for hydroxylation is 1. The number of rotatable bonds is 3. The molecule has 1 amide bonds. The zero-order chi connectivity index (χ0) is 20.9. The van der Waals surface area contributed by atoms with Gasteiger partial charge < -0.3 is 9.47 Å². The monoisotopic (exact) mass is 443 g/mol. The van der Waals surface area contributed by atoms with Crippen LogP contribution < -0.4 is 14.4 Å². The Kier molecular flexibility index (Phi) is 5.01. The minimum Gasteiger partial charge on any atom is -0.493 e. The molecule has 0 bridgehead atoms. The first-order valence-corrected chi connectivity index (χ1v) is 11.7. The molecule has 2 aromatic carbocycles. The van der Waals surface area contributed by atoms with E-state index in [0.29, 0.717) is 17.1 Å². The van der Waals surface area contributed by atoms with E-state index in [2.05, 4.69) is 19.9 Å². The maximum absolute atomic E-state index is 13.8. The maximum Gasteiger partial charge on any atom is 0.263 e. The molecule has 0 saturated heterocycles. The zero-order valence-electron chi connectivity index (χ0n) is 16.9. The summed E-state index contributed by atoms with van der Waals surface area (Å²) >= 11 is 5.67. The summed E-state index contributed by atoms with van der Waals surface area (Å²) in [6.45, 7) is 6.40. The van der Waals surface area contributed by atoms with Crippen LogP contribution in [0.3, 0.4) is 0 Å². The van der Waals surface area contributed by atoms with E-state index in [1.165, 1.54) is 0 Å². The molecule has 0 unspecified atom stereocenters. The highest BCUT2D eigenvalue weighted by atomic mass is 32.9. The number of carbonyl (C=O) groups is 1. The number of para-hydroxylation sites is 1. The third-order valence-electron chi connectivity index (χ3n) is 5.41. The highest BCUT2D eigenvalue weighted by molar-refractivity contribution is 7.80. The van der Waals surface area contributed by atoms with Crippen LogP contribution in [0.15, 0.2) is 36.4 Å². The van der Waals surface area contributed by atoms with Crippen molar-refractivity contribution in [1.29, 1.82) is 0 Å². The summed E-state index contributed by atoms with van der Waals surface area (Å²) in [5, 5.41) is 0.909. The van der Waals surface area contributed by atoms with Crippen LogP contribution in [0.2, 0.25) is 0 Å². The van der Waals surface area contributed by atoms with Crippen molar-refractivity contribution in [2.45, 2.75) is 26.2 Å². The van der Waals surface area contributed by atoms with Gasteiger partial charge >= 0.3 is 0 Å². The number of amides is 1. The molecule has 4 nitrogen and oxygen atoms in total. The average Bonchev–Trinajstić information content (AvgIpc) is 3.10. The summed E-state index contributed by atoms with van der Waals surface area (Å²) < 4.78 is 11.6. The van der Waals surface area contributed by atoms with Gasteiger partial charge in [-0.2, -0.15) is 0 Å². The van der Waals surface area contributed by atoms with E-state index < -0.39 is 0 Å². The highest BCUT2D eigenvalue weighted by Crippen LogP contribution is 2.54. The van der Waals surface area contributed by atoms with Gasteiger partial charge in [0, 0.05) is 16.5 Å². The van der Waals surface area contributed by atoms with Crippen molar-refractivity contribution < 1.29 is 14.3 Å². The van der Waals surface area contributed by atoms with Gasteiger partial charge in [0.15, 0.2) is 11.5 Å². The topological polar surface area (TPSA) is 38.8 Å². The molecule has 0 spiro atoms. The van der Waals surface area contributed by atoms with Crippen molar-refractivity contribution in [2.75, 3.05) is 19.1 Å². The average molecular weight is 444 g/mol. The van der Waals surface area contributed by atoms with Crippen LogP contribution in [0.1, 0.15) is 40.9 Å². The zero-order valence-corrected chi connectivity index (χ0v) is 19.3. The van der Waals surface area contributed by atoms with Crippen LogP contribution in [0.5, 0.6) is 11.5 Å². The van der Waals surface area contributed by atoms with E-state index in [-0.39, 0.29) is 11.3 Å². The highest BCUT2D eigenvalue weighted by Gasteiger charge is 2.42. The first-order valence-electron chi connectivity index (χ1n) is 9.11. The number of benzene rings is 2. The van der Waals surface area contributed by atoms with E-state index >= 15 is 0 Å². The molecule has 0 fully saturated rings. The summed E-state index contributed by atoms with van der Waals surface area (Å²) in [7, 11) is 6.26. The Balaban J connectivity index is 1.96. The lowest BCUT2D eigenvalue weighted by Crippen LogP contribution is -2.36. The van der Waals surface area contributed by atoms with Gasteiger partial charge in [-0.15, -0.1) is 0 Å². The largest absolute Gasteiger partial charge is 0.493 e. The van der Waals surface area contributed by atoms with Gasteiger partial charge in [0.2, 0.25) is 0 Å². The molecule has 150 valence electrons. The molecular formula is C22H21NO3S3. The molecule has 1 aromatic heterocycles. The van der Waals surface area contributed by atoms with Crippen molar-refractivity contribution in [3.63, 3.8) is 0 Å². The molecule has 29 heavy (non-hydrogen) atoms. The minimum absolute atomic E-state index is 0.109. The third-order valence-corrected chi connectivity index (χ3v) is 8.39. The van der Waals surface area contributed by atoms with Gasteiger partial charge in [-0.25, -0.2) is 0 Å². The predicted molar refractivity (Wildman–Crippen MR) is 122 cm³/mol. The van der Waals surface area contributed by atoms with Crippen molar-refractivity contribution >= 4 is 49.5 Å².